The minimum absolute atomic E-state index is 0.0854. The summed E-state index contributed by atoms with van der Waals surface area (Å²) in [6, 6.07) is 9.10. The number of rotatable bonds is 6. The molecule has 8 nitrogen and oxygen atoms in total. The molecule has 0 aliphatic carbocycles. The molecule has 2 heterocycles. The lowest BCUT2D eigenvalue weighted by molar-refractivity contribution is -0.116. The third-order valence-corrected chi connectivity index (χ3v) is 4.72. The minimum atomic E-state index is -0.731. The van der Waals surface area contributed by atoms with Crippen LogP contribution in [-0.2, 0) is 9.53 Å². The van der Waals surface area contributed by atoms with E-state index in [1.54, 1.807) is 45.3 Å². The highest BCUT2D eigenvalue weighted by molar-refractivity contribution is 6.03. The molecule has 2 amide bonds. The molecule has 2 aromatic rings. The number of amidine groups is 1. The SMILES string of the molecule is CC(C)(C)OC(=O)N=C(N)c1ccc2c(c1)C(CCNC(=O)C=Cc1ccncc1)CO2. The van der Waals surface area contributed by atoms with Gasteiger partial charge in [0.15, 0.2) is 0 Å². The lowest BCUT2D eigenvalue weighted by atomic mass is 9.96. The topological polar surface area (TPSA) is 116 Å². The van der Waals surface area contributed by atoms with E-state index in [1.165, 1.54) is 6.08 Å². The number of ether oxygens (including phenoxy) is 2. The lowest BCUT2D eigenvalue weighted by Gasteiger charge is -2.17. The van der Waals surface area contributed by atoms with Gasteiger partial charge in [0, 0.05) is 42.1 Å². The standard InChI is InChI=1S/C24H28N4O4/c1-24(2,3)32-23(30)28-22(25)17-5-6-20-19(14-17)18(15-31-20)10-13-27-21(29)7-4-16-8-11-26-12-9-16/h4-9,11-12,14,18H,10,13,15H2,1-3H3,(H,27,29)(H2,25,28,30). The van der Waals surface area contributed by atoms with Gasteiger partial charge >= 0.3 is 6.09 Å². The van der Waals surface area contributed by atoms with E-state index in [2.05, 4.69) is 15.3 Å². The molecule has 0 saturated carbocycles. The van der Waals surface area contributed by atoms with Gasteiger partial charge in [-0.2, -0.15) is 4.99 Å². The zero-order chi connectivity index (χ0) is 23.1. The second-order valence-electron chi connectivity index (χ2n) is 8.43. The Kier molecular flexibility index (Phi) is 7.25. The van der Waals surface area contributed by atoms with E-state index in [0.29, 0.717) is 25.1 Å². The third-order valence-electron chi connectivity index (χ3n) is 4.72. The summed E-state index contributed by atoms with van der Waals surface area (Å²) < 4.78 is 10.9. The quantitative estimate of drug-likeness (QED) is 0.407. The number of hydrogen-bond acceptors (Lipinski definition) is 5. The number of nitrogens with one attached hydrogen (secondary N) is 1. The van der Waals surface area contributed by atoms with Crippen molar-refractivity contribution in [1.29, 1.82) is 0 Å². The summed E-state index contributed by atoms with van der Waals surface area (Å²) in [7, 11) is 0. The van der Waals surface area contributed by atoms with Gasteiger partial charge in [0.2, 0.25) is 5.91 Å². The molecule has 32 heavy (non-hydrogen) atoms. The number of carbonyl (C=O) groups excluding carboxylic acids is 2. The van der Waals surface area contributed by atoms with E-state index < -0.39 is 11.7 Å². The first-order valence-electron chi connectivity index (χ1n) is 10.4. The monoisotopic (exact) mass is 436 g/mol. The van der Waals surface area contributed by atoms with Crippen molar-refractivity contribution in [2.45, 2.75) is 38.7 Å². The second-order valence-corrected chi connectivity index (χ2v) is 8.43. The molecule has 3 rings (SSSR count). The number of nitrogens with two attached hydrogens (primary N) is 1. The van der Waals surface area contributed by atoms with E-state index in [-0.39, 0.29) is 17.7 Å². The smallest absolute Gasteiger partial charge is 0.436 e. The van der Waals surface area contributed by atoms with E-state index in [9.17, 15) is 9.59 Å². The predicted octanol–water partition coefficient (Wildman–Crippen LogP) is 3.42. The molecule has 1 atom stereocenters. The zero-order valence-corrected chi connectivity index (χ0v) is 18.5. The molecule has 0 bridgehead atoms. The summed E-state index contributed by atoms with van der Waals surface area (Å²) in [6.45, 7) is 6.31. The molecule has 3 N–H and O–H groups in total. The maximum Gasteiger partial charge on any atom is 0.436 e. The van der Waals surface area contributed by atoms with E-state index >= 15 is 0 Å². The van der Waals surface area contributed by atoms with E-state index in [4.69, 9.17) is 15.2 Å². The second kappa shape index (κ2) is 10.1. The van der Waals surface area contributed by atoms with Gasteiger partial charge in [-0.1, -0.05) is 0 Å². The van der Waals surface area contributed by atoms with Gasteiger partial charge in [0.25, 0.3) is 0 Å². The Morgan fingerprint density at radius 2 is 2.03 bits per heavy atom. The summed E-state index contributed by atoms with van der Waals surface area (Å²) in [5.41, 5.74) is 7.88. The first-order valence-corrected chi connectivity index (χ1v) is 10.4. The maximum atomic E-state index is 12.1. The Morgan fingerprint density at radius 3 is 2.75 bits per heavy atom. The van der Waals surface area contributed by atoms with Crippen LogP contribution in [0.25, 0.3) is 6.08 Å². The van der Waals surface area contributed by atoms with Gasteiger partial charge in [-0.15, -0.1) is 0 Å². The maximum absolute atomic E-state index is 12.1. The molecular formula is C24H28N4O4. The Morgan fingerprint density at radius 1 is 1.28 bits per heavy atom. The molecule has 8 heteroatoms. The molecule has 0 spiro atoms. The molecular weight excluding hydrogens is 408 g/mol. The molecule has 1 unspecified atom stereocenters. The third kappa shape index (κ3) is 6.66. The molecule has 0 saturated heterocycles. The number of benzene rings is 1. The van der Waals surface area contributed by atoms with Crippen LogP contribution in [0.15, 0.2) is 53.8 Å². The van der Waals surface area contributed by atoms with Crippen molar-refractivity contribution >= 4 is 23.9 Å². The average molecular weight is 437 g/mol. The predicted molar refractivity (Wildman–Crippen MR) is 123 cm³/mol. The number of aliphatic imine (C=N–C) groups is 1. The zero-order valence-electron chi connectivity index (χ0n) is 18.5. The number of carbonyl (C=O) groups is 2. The van der Waals surface area contributed by atoms with E-state index in [0.717, 1.165) is 16.9 Å². The molecule has 1 aliphatic rings. The molecule has 0 radical (unpaired) electrons. The highest BCUT2D eigenvalue weighted by Crippen LogP contribution is 2.36. The Balaban J connectivity index is 1.57. The number of aromatic nitrogens is 1. The number of pyridine rings is 1. The van der Waals surface area contributed by atoms with Crippen molar-refractivity contribution in [3.8, 4) is 5.75 Å². The number of fused-ring (bicyclic) bond motifs is 1. The number of nitrogens with zero attached hydrogens (tertiary/aromatic N) is 2. The van der Waals surface area contributed by atoms with Gasteiger partial charge in [-0.05, 0) is 69.2 Å². The molecule has 0 fully saturated rings. The fourth-order valence-electron chi connectivity index (χ4n) is 3.20. The van der Waals surface area contributed by atoms with Crippen molar-refractivity contribution in [3.05, 3.63) is 65.5 Å². The highest BCUT2D eigenvalue weighted by atomic mass is 16.6. The Labute approximate surface area is 187 Å². The fourth-order valence-corrected chi connectivity index (χ4v) is 3.20. The normalized spacial score (nSPS) is 15.8. The van der Waals surface area contributed by atoms with Gasteiger partial charge in [0.1, 0.15) is 17.2 Å². The minimum Gasteiger partial charge on any atom is -0.493 e. The Bertz CT molecular complexity index is 1030. The summed E-state index contributed by atoms with van der Waals surface area (Å²) in [6.07, 6.45) is 6.56. The van der Waals surface area contributed by atoms with Crippen LogP contribution in [-0.4, -0.2) is 41.6 Å². The fraction of sp³-hybridized carbons (Fsp3) is 0.333. The van der Waals surface area contributed by atoms with Crippen molar-refractivity contribution in [3.63, 3.8) is 0 Å². The summed E-state index contributed by atoms with van der Waals surface area (Å²) in [5, 5.41) is 2.89. The number of amides is 2. The van der Waals surface area contributed by atoms with Crippen LogP contribution in [0.5, 0.6) is 5.75 Å². The van der Waals surface area contributed by atoms with Crippen LogP contribution in [0.1, 0.15) is 49.8 Å². The summed E-state index contributed by atoms with van der Waals surface area (Å²) in [4.78, 5) is 31.8. The van der Waals surface area contributed by atoms with Crippen LogP contribution in [0.2, 0.25) is 0 Å². The largest absolute Gasteiger partial charge is 0.493 e. The highest BCUT2D eigenvalue weighted by Gasteiger charge is 2.25. The Hall–Kier alpha value is -3.68. The molecule has 168 valence electrons. The lowest BCUT2D eigenvalue weighted by Crippen LogP contribution is -2.24. The van der Waals surface area contributed by atoms with Gasteiger partial charge < -0.3 is 20.5 Å². The molecule has 1 aromatic heterocycles. The summed E-state index contributed by atoms with van der Waals surface area (Å²) in [5.74, 6) is 0.794. The van der Waals surface area contributed by atoms with Crippen molar-refractivity contribution in [1.82, 2.24) is 10.3 Å². The first-order chi connectivity index (χ1) is 15.2. The van der Waals surface area contributed by atoms with Crippen molar-refractivity contribution in [2.75, 3.05) is 13.2 Å². The van der Waals surface area contributed by atoms with Gasteiger partial charge in [-0.25, -0.2) is 4.79 Å². The van der Waals surface area contributed by atoms with Crippen LogP contribution < -0.4 is 15.8 Å². The number of hydrogen-bond donors (Lipinski definition) is 2. The summed E-state index contributed by atoms with van der Waals surface area (Å²) >= 11 is 0. The van der Waals surface area contributed by atoms with Gasteiger partial charge in [-0.3, -0.25) is 9.78 Å². The van der Waals surface area contributed by atoms with Crippen LogP contribution >= 0.6 is 0 Å². The first kappa shape index (κ1) is 23.0. The average Bonchev–Trinajstić information content (AvgIpc) is 3.14. The van der Waals surface area contributed by atoms with Crippen LogP contribution in [0.3, 0.4) is 0 Å². The van der Waals surface area contributed by atoms with Crippen LogP contribution in [0.4, 0.5) is 4.79 Å². The van der Waals surface area contributed by atoms with Crippen molar-refractivity contribution < 1.29 is 19.1 Å². The van der Waals surface area contributed by atoms with E-state index in [1.807, 2.05) is 24.3 Å². The molecule has 1 aliphatic heterocycles. The van der Waals surface area contributed by atoms with Crippen molar-refractivity contribution in [2.24, 2.45) is 10.7 Å². The van der Waals surface area contributed by atoms with Gasteiger partial charge in [0.05, 0.1) is 6.61 Å². The van der Waals surface area contributed by atoms with Crippen LogP contribution in [0, 0.1) is 0 Å². The molecule has 1 aromatic carbocycles.